The van der Waals surface area contributed by atoms with E-state index in [1.165, 1.54) is 18.4 Å². The zero-order valence-corrected chi connectivity index (χ0v) is 17.1. The lowest BCUT2D eigenvalue weighted by atomic mass is 10.2. The van der Waals surface area contributed by atoms with Crippen LogP contribution in [0, 0.1) is 0 Å². The zero-order valence-electron chi connectivity index (χ0n) is 16.3. The number of halogens is 3. The van der Waals surface area contributed by atoms with E-state index >= 15 is 0 Å². The molecule has 0 amide bonds. The molecule has 1 aliphatic rings. The Kier molecular flexibility index (Phi) is 8.26. The van der Waals surface area contributed by atoms with Crippen molar-refractivity contribution in [1.82, 2.24) is 14.1 Å². The van der Waals surface area contributed by atoms with Crippen LogP contribution in [0.3, 0.4) is 0 Å². The lowest BCUT2D eigenvalue weighted by Crippen LogP contribution is -2.46. The fourth-order valence-corrected chi connectivity index (χ4v) is 3.99. The summed E-state index contributed by atoms with van der Waals surface area (Å²) in [5.41, 5.74) is 0.942. The lowest BCUT2D eigenvalue weighted by Gasteiger charge is -2.34. The summed E-state index contributed by atoms with van der Waals surface area (Å²) >= 11 is 0. The standard InChI is InChI=1S/C18H28F3N3O3S/c1-22(2)28(25,26)17-6-3-5-16(13-17)14-24-10-8-23(9-11-24)7-4-12-27-15-18(19,20)21/h3,5-6,13H,4,7-12,14-15H2,1-2H3. The average molecular weight is 424 g/mol. The Labute approximate surface area is 164 Å². The van der Waals surface area contributed by atoms with E-state index in [0.717, 1.165) is 31.7 Å². The molecule has 10 heteroatoms. The maximum absolute atomic E-state index is 12.3. The van der Waals surface area contributed by atoms with E-state index in [-0.39, 0.29) is 11.5 Å². The first-order chi connectivity index (χ1) is 13.1. The molecule has 1 fully saturated rings. The predicted molar refractivity (Wildman–Crippen MR) is 101 cm³/mol. The largest absolute Gasteiger partial charge is 0.411 e. The Morgan fingerprint density at radius 1 is 1.11 bits per heavy atom. The van der Waals surface area contributed by atoms with Gasteiger partial charge in [-0.05, 0) is 24.1 Å². The molecular weight excluding hydrogens is 395 g/mol. The number of ether oxygens (including phenoxy) is 1. The number of hydrogen-bond donors (Lipinski definition) is 0. The highest BCUT2D eigenvalue weighted by atomic mass is 32.2. The first-order valence-corrected chi connectivity index (χ1v) is 10.6. The maximum atomic E-state index is 12.3. The van der Waals surface area contributed by atoms with Crippen molar-refractivity contribution < 1.29 is 26.3 Å². The Morgan fingerprint density at radius 3 is 2.36 bits per heavy atom. The van der Waals surface area contributed by atoms with Gasteiger partial charge in [0.05, 0.1) is 4.90 Å². The summed E-state index contributed by atoms with van der Waals surface area (Å²) in [5.74, 6) is 0. The molecule has 2 rings (SSSR count). The van der Waals surface area contributed by atoms with Gasteiger partial charge in [-0.1, -0.05) is 12.1 Å². The van der Waals surface area contributed by atoms with Crippen molar-refractivity contribution in [1.29, 1.82) is 0 Å². The monoisotopic (exact) mass is 423 g/mol. The van der Waals surface area contributed by atoms with E-state index in [1.807, 2.05) is 6.07 Å². The molecule has 0 saturated carbocycles. The second-order valence-corrected chi connectivity index (χ2v) is 9.23. The topological polar surface area (TPSA) is 53.1 Å². The highest BCUT2D eigenvalue weighted by Gasteiger charge is 2.27. The summed E-state index contributed by atoms with van der Waals surface area (Å²) in [6, 6.07) is 6.97. The number of benzene rings is 1. The van der Waals surface area contributed by atoms with Gasteiger partial charge in [-0.2, -0.15) is 13.2 Å². The van der Waals surface area contributed by atoms with Crippen LogP contribution in [0.2, 0.25) is 0 Å². The quantitative estimate of drug-likeness (QED) is 0.569. The SMILES string of the molecule is CN(C)S(=O)(=O)c1cccc(CN2CCN(CCCOCC(F)(F)F)CC2)c1. The molecule has 1 aliphatic heterocycles. The molecule has 6 nitrogen and oxygen atoms in total. The minimum absolute atomic E-state index is 0.104. The molecule has 0 radical (unpaired) electrons. The van der Waals surface area contributed by atoms with Crippen molar-refractivity contribution in [2.75, 3.05) is 60.0 Å². The molecule has 0 N–H and O–H groups in total. The molecule has 1 aromatic carbocycles. The van der Waals surface area contributed by atoms with Crippen molar-refractivity contribution in [3.05, 3.63) is 29.8 Å². The molecule has 160 valence electrons. The summed E-state index contributed by atoms with van der Waals surface area (Å²) < 4.78 is 66.4. The molecule has 0 unspecified atom stereocenters. The molecule has 0 spiro atoms. The van der Waals surface area contributed by atoms with Crippen molar-refractivity contribution >= 4 is 10.0 Å². The molecule has 1 aromatic rings. The Balaban J connectivity index is 1.74. The smallest absolute Gasteiger partial charge is 0.372 e. The molecule has 28 heavy (non-hydrogen) atoms. The first-order valence-electron chi connectivity index (χ1n) is 9.18. The molecule has 1 saturated heterocycles. The van der Waals surface area contributed by atoms with Crippen LogP contribution in [0.4, 0.5) is 13.2 Å². The Morgan fingerprint density at radius 2 is 1.75 bits per heavy atom. The van der Waals surface area contributed by atoms with Crippen LogP contribution >= 0.6 is 0 Å². The number of sulfonamides is 1. The van der Waals surface area contributed by atoms with Gasteiger partial charge in [0.15, 0.2) is 0 Å². The third kappa shape index (κ3) is 7.32. The van der Waals surface area contributed by atoms with Gasteiger partial charge in [-0.15, -0.1) is 0 Å². The van der Waals surface area contributed by atoms with Crippen LogP contribution in [-0.2, 0) is 21.3 Å². The van der Waals surface area contributed by atoms with Gasteiger partial charge in [0, 0.05) is 60.0 Å². The third-order valence-corrected chi connectivity index (χ3v) is 6.39. The van der Waals surface area contributed by atoms with Crippen LogP contribution < -0.4 is 0 Å². The minimum Gasteiger partial charge on any atom is -0.372 e. The average Bonchev–Trinajstić information content (AvgIpc) is 2.62. The van der Waals surface area contributed by atoms with Gasteiger partial charge in [0.2, 0.25) is 10.0 Å². The van der Waals surface area contributed by atoms with E-state index in [0.29, 0.717) is 19.5 Å². The van der Waals surface area contributed by atoms with Crippen LogP contribution in [0.1, 0.15) is 12.0 Å². The molecule has 1 heterocycles. The Bertz CT molecular complexity index is 718. The summed E-state index contributed by atoms with van der Waals surface area (Å²) in [6.07, 6.45) is -3.70. The van der Waals surface area contributed by atoms with E-state index in [2.05, 4.69) is 14.5 Å². The molecule has 0 bridgehead atoms. The highest BCUT2D eigenvalue weighted by Crippen LogP contribution is 2.17. The van der Waals surface area contributed by atoms with Gasteiger partial charge < -0.3 is 9.64 Å². The normalized spacial score (nSPS) is 17.4. The van der Waals surface area contributed by atoms with Crippen molar-refractivity contribution in [2.24, 2.45) is 0 Å². The molecule has 0 aliphatic carbocycles. The van der Waals surface area contributed by atoms with Crippen LogP contribution in [0.5, 0.6) is 0 Å². The fraction of sp³-hybridized carbons (Fsp3) is 0.667. The van der Waals surface area contributed by atoms with Crippen LogP contribution in [-0.4, -0.2) is 88.7 Å². The van der Waals surface area contributed by atoms with Gasteiger partial charge in [0.25, 0.3) is 0 Å². The first kappa shape index (κ1) is 23.1. The summed E-state index contributed by atoms with van der Waals surface area (Å²) in [7, 11) is -0.430. The van der Waals surface area contributed by atoms with Crippen molar-refractivity contribution in [3.8, 4) is 0 Å². The van der Waals surface area contributed by atoms with Crippen molar-refractivity contribution in [2.45, 2.75) is 24.0 Å². The van der Waals surface area contributed by atoms with Crippen LogP contribution in [0.15, 0.2) is 29.2 Å². The molecule has 0 aromatic heterocycles. The van der Waals surface area contributed by atoms with E-state index in [9.17, 15) is 21.6 Å². The number of piperazine rings is 1. The third-order valence-electron chi connectivity index (χ3n) is 4.58. The second-order valence-electron chi connectivity index (χ2n) is 7.07. The number of alkyl halides is 3. The van der Waals surface area contributed by atoms with Gasteiger partial charge in [-0.25, -0.2) is 12.7 Å². The number of hydrogen-bond acceptors (Lipinski definition) is 5. The van der Waals surface area contributed by atoms with Crippen molar-refractivity contribution in [3.63, 3.8) is 0 Å². The fourth-order valence-electron chi connectivity index (χ4n) is 3.02. The minimum atomic E-state index is -4.27. The molecular formula is C18H28F3N3O3S. The van der Waals surface area contributed by atoms with E-state index in [1.54, 1.807) is 18.2 Å². The summed E-state index contributed by atoms with van der Waals surface area (Å²) in [5, 5.41) is 0. The maximum Gasteiger partial charge on any atom is 0.411 e. The summed E-state index contributed by atoms with van der Waals surface area (Å²) in [4.78, 5) is 4.74. The lowest BCUT2D eigenvalue weighted by molar-refractivity contribution is -0.174. The number of nitrogens with zero attached hydrogens (tertiary/aromatic N) is 3. The van der Waals surface area contributed by atoms with E-state index < -0.39 is 22.8 Å². The zero-order chi connectivity index (χ0) is 20.8. The van der Waals surface area contributed by atoms with Gasteiger partial charge in [0.1, 0.15) is 6.61 Å². The van der Waals surface area contributed by atoms with Crippen LogP contribution in [0.25, 0.3) is 0 Å². The van der Waals surface area contributed by atoms with E-state index in [4.69, 9.17) is 0 Å². The molecule has 0 atom stereocenters. The van der Waals surface area contributed by atoms with Gasteiger partial charge >= 0.3 is 6.18 Å². The highest BCUT2D eigenvalue weighted by molar-refractivity contribution is 7.89. The predicted octanol–water partition coefficient (Wildman–Crippen LogP) is 2.02. The summed E-state index contributed by atoms with van der Waals surface area (Å²) in [6.45, 7) is 3.60. The van der Waals surface area contributed by atoms with Gasteiger partial charge in [-0.3, -0.25) is 4.90 Å². The number of rotatable bonds is 9. The second kappa shape index (κ2) is 10.0. The Hall–Kier alpha value is -1.20.